The standard InChI is InChI=1S/C10H16N2O/c1-9-5-4-6-12(10(9)13)8-7-11(2)3/h4-6H,7-8H2,1-3H3. The summed E-state index contributed by atoms with van der Waals surface area (Å²) in [6.07, 6.45) is 1.83. The highest BCUT2D eigenvalue weighted by molar-refractivity contribution is 5.07. The SMILES string of the molecule is Cc1cccn(CCN(C)C)c1=O. The van der Waals surface area contributed by atoms with Gasteiger partial charge in [0.05, 0.1) is 0 Å². The Morgan fingerprint density at radius 1 is 1.46 bits per heavy atom. The summed E-state index contributed by atoms with van der Waals surface area (Å²) in [6.45, 7) is 3.49. The molecule has 0 saturated heterocycles. The lowest BCUT2D eigenvalue weighted by Crippen LogP contribution is -2.27. The van der Waals surface area contributed by atoms with Crippen LogP contribution in [-0.2, 0) is 6.54 Å². The molecule has 0 spiro atoms. The van der Waals surface area contributed by atoms with E-state index in [-0.39, 0.29) is 5.56 Å². The summed E-state index contributed by atoms with van der Waals surface area (Å²) < 4.78 is 1.75. The van der Waals surface area contributed by atoms with Crippen molar-refractivity contribution in [3.63, 3.8) is 0 Å². The summed E-state index contributed by atoms with van der Waals surface area (Å²) in [4.78, 5) is 13.6. The number of hydrogen-bond donors (Lipinski definition) is 0. The van der Waals surface area contributed by atoms with Crippen LogP contribution >= 0.6 is 0 Å². The molecule has 0 aliphatic carbocycles. The molecule has 0 unspecified atom stereocenters. The highest BCUT2D eigenvalue weighted by atomic mass is 16.1. The van der Waals surface area contributed by atoms with Crippen molar-refractivity contribution in [1.29, 1.82) is 0 Å². The summed E-state index contributed by atoms with van der Waals surface area (Å²) in [5.41, 5.74) is 0.922. The van der Waals surface area contributed by atoms with Crippen LogP contribution in [0.5, 0.6) is 0 Å². The van der Waals surface area contributed by atoms with E-state index in [4.69, 9.17) is 0 Å². The Bertz CT molecular complexity index is 328. The number of rotatable bonds is 3. The first-order valence-corrected chi connectivity index (χ1v) is 4.42. The third-order valence-corrected chi connectivity index (χ3v) is 2.00. The van der Waals surface area contributed by atoms with Crippen LogP contribution in [0.25, 0.3) is 0 Å². The Morgan fingerprint density at radius 3 is 2.77 bits per heavy atom. The molecule has 0 atom stereocenters. The number of nitrogens with zero attached hydrogens (tertiary/aromatic N) is 2. The van der Waals surface area contributed by atoms with Crippen molar-refractivity contribution in [3.8, 4) is 0 Å². The van der Waals surface area contributed by atoms with E-state index in [0.717, 1.165) is 18.7 Å². The molecule has 13 heavy (non-hydrogen) atoms. The zero-order valence-electron chi connectivity index (χ0n) is 8.45. The van der Waals surface area contributed by atoms with E-state index in [0.29, 0.717) is 0 Å². The molecule has 0 radical (unpaired) electrons. The van der Waals surface area contributed by atoms with Crippen LogP contribution in [0, 0.1) is 6.92 Å². The molecule has 0 aliphatic rings. The molecule has 0 amide bonds. The van der Waals surface area contributed by atoms with Gasteiger partial charge in [-0.15, -0.1) is 0 Å². The third-order valence-electron chi connectivity index (χ3n) is 2.00. The topological polar surface area (TPSA) is 25.2 Å². The molecule has 0 bridgehead atoms. The van der Waals surface area contributed by atoms with Crippen LogP contribution in [0.3, 0.4) is 0 Å². The van der Waals surface area contributed by atoms with Gasteiger partial charge in [0.1, 0.15) is 0 Å². The van der Waals surface area contributed by atoms with Gasteiger partial charge in [-0.3, -0.25) is 4.79 Å². The molecule has 1 aromatic heterocycles. The predicted octanol–water partition coefficient (Wildman–Crippen LogP) is 0.718. The van der Waals surface area contributed by atoms with Gasteiger partial charge in [0, 0.05) is 24.8 Å². The summed E-state index contributed by atoms with van der Waals surface area (Å²) in [7, 11) is 4.00. The Morgan fingerprint density at radius 2 is 2.15 bits per heavy atom. The minimum absolute atomic E-state index is 0.115. The molecular weight excluding hydrogens is 164 g/mol. The predicted molar refractivity (Wildman–Crippen MR) is 54.0 cm³/mol. The van der Waals surface area contributed by atoms with Crippen LogP contribution in [0.15, 0.2) is 23.1 Å². The fraction of sp³-hybridized carbons (Fsp3) is 0.500. The fourth-order valence-electron chi connectivity index (χ4n) is 1.14. The van der Waals surface area contributed by atoms with Crippen LogP contribution in [0.2, 0.25) is 0 Å². The van der Waals surface area contributed by atoms with E-state index in [1.807, 2.05) is 39.3 Å². The van der Waals surface area contributed by atoms with Gasteiger partial charge in [-0.1, -0.05) is 6.07 Å². The van der Waals surface area contributed by atoms with Crippen molar-refractivity contribution in [2.75, 3.05) is 20.6 Å². The summed E-state index contributed by atoms with van der Waals surface area (Å²) in [5, 5.41) is 0. The fourth-order valence-corrected chi connectivity index (χ4v) is 1.14. The molecule has 0 aromatic carbocycles. The van der Waals surface area contributed by atoms with Crippen LogP contribution < -0.4 is 5.56 Å². The zero-order valence-corrected chi connectivity index (χ0v) is 8.45. The molecular formula is C10H16N2O. The Labute approximate surface area is 78.6 Å². The maximum atomic E-state index is 11.5. The molecule has 0 aliphatic heterocycles. The molecule has 3 heteroatoms. The van der Waals surface area contributed by atoms with Crippen molar-refractivity contribution in [1.82, 2.24) is 9.47 Å². The second-order valence-electron chi connectivity index (χ2n) is 3.49. The molecule has 72 valence electrons. The minimum Gasteiger partial charge on any atom is -0.314 e. The number of aryl methyl sites for hydroxylation is 1. The van der Waals surface area contributed by atoms with Gasteiger partial charge >= 0.3 is 0 Å². The van der Waals surface area contributed by atoms with Gasteiger partial charge in [0.25, 0.3) is 5.56 Å². The van der Waals surface area contributed by atoms with Crippen LogP contribution in [0.1, 0.15) is 5.56 Å². The average Bonchev–Trinajstić information content (AvgIpc) is 2.07. The van der Waals surface area contributed by atoms with Crippen molar-refractivity contribution in [3.05, 3.63) is 34.2 Å². The van der Waals surface area contributed by atoms with E-state index in [2.05, 4.69) is 4.90 Å². The first kappa shape index (κ1) is 9.99. The number of pyridine rings is 1. The minimum atomic E-state index is 0.115. The van der Waals surface area contributed by atoms with Crippen molar-refractivity contribution < 1.29 is 0 Å². The zero-order chi connectivity index (χ0) is 9.84. The second-order valence-corrected chi connectivity index (χ2v) is 3.49. The lowest BCUT2D eigenvalue weighted by molar-refractivity contribution is 0.380. The van der Waals surface area contributed by atoms with E-state index in [1.165, 1.54) is 0 Å². The molecule has 1 rings (SSSR count). The maximum Gasteiger partial charge on any atom is 0.253 e. The first-order chi connectivity index (χ1) is 6.11. The van der Waals surface area contributed by atoms with Gasteiger partial charge in [-0.05, 0) is 27.1 Å². The van der Waals surface area contributed by atoms with Crippen LogP contribution in [0.4, 0.5) is 0 Å². The van der Waals surface area contributed by atoms with E-state index < -0.39 is 0 Å². The summed E-state index contributed by atoms with van der Waals surface area (Å²) >= 11 is 0. The summed E-state index contributed by atoms with van der Waals surface area (Å²) in [6, 6.07) is 3.75. The number of hydrogen-bond acceptors (Lipinski definition) is 2. The normalized spacial score (nSPS) is 10.8. The highest BCUT2D eigenvalue weighted by Crippen LogP contribution is 1.89. The van der Waals surface area contributed by atoms with Gasteiger partial charge in [0.2, 0.25) is 0 Å². The van der Waals surface area contributed by atoms with Crippen molar-refractivity contribution in [2.45, 2.75) is 13.5 Å². The van der Waals surface area contributed by atoms with Gasteiger partial charge in [0.15, 0.2) is 0 Å². The molecule has 1 heterocycles. The average molecular weight is 180 g/mol. The third kappa shape index (κ3) is 2.70. The van der Waals surface area contributed by atoms with E-state index in [1.54, 1.807) is 4.57 Å². The Kier molecular flexibility index (Phi) is 3.25. The van der Waals surface area contributed by atoms with Crippen LogP contribution in [-0.4, -0.2) is 30.1 Å². The largest absolute Gasteiger partial charge is 0.314 e. The molecule has 0 fully saturated rings. The lowest BCUT2D eigenvalue weighted by atomic mass is 10.3. The first-order valence-electron chi connectivity index (χ1n) is 4.42. The molecule has 3 nitrogen and oxygen atoms in total. The second kappa shape index (κ2) is 4.23. The molecule has 0 N–H and O–H groups in total. The monoisotopic (exact) mass is 180 g/mol. The van der Waals surface area contributed by atoms with Gasteiger partial charge in [-0.2, -0.15) is 0 Å². The maximum absolute atomic E-state index is 11.5. The van der Waals surface area contributed by atoms with Crippen molar-refractivity contribution >= 4 is 0 Å². The van der Waals surface area contributed by atoms with Crippen molar-refractivity contribution in [2.24, 2.45) is 0 Å². The van der Waals surface area contributed by atoms with E-state index >= 15 is 0 Å². The Balaban J connectivity index is 2.78. The lowest BCUT2D eigenvalue weighted by Gasteiger charge is -2.11. The Hall–Kier alpha value is -1.09. The highest BCUT2D eigenvalue weighted by Gasteiger charge is 1.98. The molecule has 0 saturated carbocycles. The molecule has 1 aromatic rings. The number of likely N-dealkylation sites (N-methyl/N-ethyl adjacent to an activating group) is 1. The quantitative estimate of drug-likeness (QED) is 0.684. The van der Waals surface area contributed by atoms with E-state index in [9.17, 15) is 4.79 Å². The van der Waals surface area contributed by atoms with Gasteiger partial charge in [-0.25, -0.2) is 0 Å². The number of aromatic nitrogens is 1. The summed E-state index contributed by atoms with van der Waals surface area (Å²) in [5.74, 6) is 0. The smallest absolute Gasteiger partial charge is 0.253 e. The van der Waals surface area contributed by atoms with Gasteiger partial charge < -0.3 is 9.47 Å².